The van der Waals surface area contributed by atoms with E-state index in [0.29, 0.717) is 12.2 Å². The molecule has 2 aromatic carbocycles. The molecule has 0 saturated heterocycles. The molecule has 1 aromatic heterocycles. The predicted octanol–water partition coefficient (Wildman–Crippen LogP) is 6.03. The smallest absolute Gasteiger partial charge is 0.416 e. The van der Waals surface area contributed by atoms with Crippen molar-refractivity contribution < 1.29 is 22.7 Å². The lowest BCUT2D eigenvalue weighted by molar-refractivity contribution is -0.137. The second-order valence-electron chi connectivity index (χ2n) is 8.47. The summed E-state index contributed by atoms with van der Waals surface area (Å²) in [5.74, 6) is 1.53. The van der Waals surface area contributed by atoms with Crippen LogP contribution in [0.5, 0.6) is 5.75 Å². The number of hydrogen-bond donors (Lipinski definition) is 1. The van der Waals surface area contributed by atoms with Crippen LogP contribution >= 0.6 is 0 Å². The van der Waals surface area contributed by atoms with Gasteiger partial charge in [0.2, 0.25) is 0 Å². The molecule has 0 aliphatic heterocycles. The number of Topliss-reactive ketones (excluding diaryl/α,β-unsaturated/α-hetero) is 1. The number of H-pyrrole nitrogens is 1. The highest BCUT2D eigenvalue weighted by atomic mass is 19.4. The van der Waals surface area contributed by atoms with Crippen LogP contribution in [0.1, 0.15) is 48.3 Å². The lowest BCUT2D eigenvalue weighted by Gasteiger charge is -2.35. The van der Waals surface area contributed by atoms with Crippen LogP contribution in [-0.2, 0) is 17.4 Å². The predicted molar refractivity (Wildman–Crippen MR) is 108 cm³/mol. The van der Waals surface area contributed by atoms with E-state index in [1.54, 1.807) is 12.1 Å². The van der Waals surface area contributed by atoms with Gasteiger partial charge in [-0.05, 0) is 73.1 Å². The van der Waals surface area contributed by atoms with Crippen molar-refractivity contribution in [3.8, 4) is 5.75 Å². The lowest BCUT2D eigenvalue weighted by Crippen LogP contribution is -2.32. The molecule has 1 heterocycles. The van der Waals surface area contributed by atoms with Crippen LogP contribution in [0.4, 0.5) is 13.2 Å². The second-order valence-corrected chi connectivity index (χ2v) is 8.47. The number of hydrogen-bond acceptors (Lipinski definition) is 2. The van der Waals surface area contributed by atoms with Crippen molar-refractivity contribution >= 4 is 16.7 Å². The van der Waals surface area contributed by atoms with E-state index in [0.717, 1.165) is 65.6 Å². The number of benzene rings is 2. The number of carbonyl (C=O) groups excluding carboxylic acids is 1. The number of aromatic amines is 1. The average molecular weight is 413 g/mol. The van der Waals surface area contributed by atoms with Gasteiger partial charge in [0.25, 0.3) is 0 Å². The Kier molecular flexibility index (Phi) is 4.60. The number of ether oxygens (including phenoxy) is 1. The maximum Gasteiger partial charge on any atom is 0.416 e. The van der Waals surface area contributed by atoms with Gasteiger partial charge in [-0.1, -0.05) is 12.1 Å². The minimum absolute atomic E-state index is 0.0465. The van der Waals surface area contributed by atoms with Gasteiger partial charge >= 0.3 is 6.18 Å². The normalized spacial score (nSPS) is 21.4. The van der Waals surface area contributed by atoms with Crippen molar-refractivity contribution in [2.24, 2.45) is 5.92 Å². The highest BCUT2D eigenvalue weighted by Crippen LogP contribution is 2.41. The molecule has 2 saturated carbocycles. The number of fused-ring (bicyclic) bond motifs is 1. The van der Waals surface area contributed by atoms with Crippen molar-refractivity contribution in [1.29, 1.82) is 0 Å². The molecule has 0 radical (unpaired) electrons. The Morgan fingerprint density at radius 2 is 1.80 bits per heavy atom. The van der Waals surface area contributed by atoms with Crippen LogP contribution in [0.25, 0.3) is 10.9 Å². The molecule has 3 nitrogen and oxygen atoms in total. The number of nitrogens with one attached hydrogen (secondary N) is 1. The molecule has 3 aromatic rings. The van der Waals surface area contributed by atoms with E-state index >= 15 is 0 Å². The summed E-state index contributed by atoms with van der Waals surface area (Å²) in [6.45, 7) is 0. The van der Waals surface area contributed by atoms with E-state index < -0.39 is 11.7 Å². The summed E-state index contributed by atoms with van der Waals surface area (Å²) < 4.78 is 44.2. The van der Waals surface area contributed by atoms with Crippen LogP contribution in [0.3, 0.4) is 0 Å². The molecule has 5 rings (SSSR count). The zero-order valence-corrected chi connectivity index (χ0v) is 16.3. The fourth-order valence-corrected chi connectivity index (χ4v) is 4.19. The fourth-order valence-electron chi connectivity index (χ4n) is 4.19. The van der Waals surface area contributed by atoms with Crippen LogP contribution in [0.2, 0.25) is 0 Å². The number of alkyl halides is 3. The maximum atomic E-state index is 12.7. The monoisotopic (exact) mass is 413 g/mol. The number of carbonyl (C=O) groups is 1. The highest BCUT2D eigenvalue weighted by Gasteiger charge is 2.34. The van der Waals surface area contributed by atoms with Gasteiger partial charge in [-0.3, -0.25) is 4.79 Å². The topological polar surface area (TPSA) is 42.1 Å². The molecule has 0 spiro atoms. The van der Waals surface area contributed by atoms with E-state index in [1.807, 2.05) is 24.4 Å². The molecule has 0 bridgehead atoms. The molecule has 2 fully saturated rings. The van der Waals surface area contributed by atoms with Crippen LogP contribution in [0.15, 0.2) is 48.7 Å². The van der Waals surface area contributed by atoms with E-state index in [9.17, 15) is 18.0 Å². The molecule has 30 heavy (non-hydrogen) atoms. The van der Waals surface area contributed by atoms with E-state index in [-0.39, 0.29) is 17.9 Å². The summed E-state index contributed by atoms with van der Waals surface area (Å²) in [5.41, 5.74) is 2.29. The molecule has 156 valence electrons. The van der Waals surface area contributed by atoms with Gasteiger partial charge < -0.3 is 9.72 Å². The number of rotatable bonds is 6. The minimum atomic E-state index is -4.30. The van der Waals surface area contributed by atoms with Crippen LogP contribution in [0, 0.1) is 5.92 Å². The van der Waals surface area contributed by atoms with Crippen LogP contribution < -0.4 is 4.74 Å². The summed E-state index contributed by atoms with van der Waals surface area (Å²) >= 11 is 0. The van der Waals surface area contributed by atoms with Crippen molar-refractivity contribution in [3.63, 3.8) is 0 Å². The molecule has 0 unspecified atom stereocenters. The quantitative estimate of drug-likeness (QED) is 0.536. The maximum absolute atomic E-state index is 12.7. The summed E-state index contributed by atoms with van der Waals surface area (Å²) in [5, 5.41) is 1.01. The Labute approximate surface area is 172 Å². The largest absolute Gasteiger partial charge is 0.490 e. The van der Waals surface area contributed by atoms with Gasteiger partial charge in [0.1, 0.15) is 11.5 Å². The van der Waals surface area contributed by atoms with Gasteiger partial charge in [0, 0.05) is 29.4 Å². The first kappa shape index (κ1) is 19.2. The van der Waals surface area contributed by atoms with Crippen LogP contribution in [-0.4, -0.2) is 16.9 Å². The molecule has 0 amide bonds. The van der Waals surface area contributed by atoms with Crippen molar-refractivity contribution in [2.75, 3.05) is 0 Å². The second kappa shape index (κ2) is 7.18. The van der Waals surface area contributed by atoms with Gasteiger partial charge in [-0.15, -0.1) is 0 Å². The zero-order chi connectivity index (χ0) is 20.9. The number of aromatic nitrogens is 1. The number of ketones is 1. The third-order valence-corrected chi connectivity index (χ3v) is 6.24. The summed E-state index contributed by atoms with van der Waals surface area (Å²) in [6.07, 6.45) is 1.68. The van der Waals surface area contributed by atoms with Crippen molar-refractivity contribution in [2.45, 2.75) is 50.3 Å². The van der Waals surface area contributed by atoms with Gasteiger partial charge in [-0.2, -0.15) is 13.2 Å². The van der Waals surface area contributed by atoms with Crippen molar-refractivity contribution in [3.05, 3.63) is 65.4 Å². The third-order valence-electron chi connectivity index (χ3n) is 6.24. The van der Waals surface area contributed by atoms with E-state index in [1.165, 1.54) is 0 Å². The summed E-state index contributed by atoms with van der Waals surface area (Å²) in [7, 11) is 0. The molecule has 0 atom stereocenters. The summed E-state index contributed by atoms with van der Waals surface area (Å²) in [6, 6.07) is 11.3. The lowest BCUT2D eigenvalue weighted by atomic mass is 9.77. The number of halogens is 3. The molecule has 2 aliphatic rings. The first-order valence-corrected chi connectivity index (χ1v) is 10.3. The highest BCUT2D eigenvalue weighted by molar-refractivity contribution is 5.92. The molecule has 6 heteroatoms. The van der Waals surface area contributed by atoms with Gasteiger partial charge in [-0.25, -0.2) is 0 Å². The van der Waals surface area contributed by atoms with Gasteiger partial charge in [0.15, 0.2) is 0 Å². The van der Waals surface area contributed by atoms with Gasteiger partial charge in [0.05, 0.1) is 11.7 Å². The Balaban J connectivity index is 1.22. The molecule has 1 N–H and O–H groups in total. The Hall–Kier alpha value is -2.76. The van der Waals surface area contributed by atoms with E-state index in [2.05, 4.69) is 4.98 Å². The Bertz CT molecular complexity index is 1070. The van der Waals surface area contributed by atoms with E-state index in [4.69, 9.17) is 4.74 Å². The SMILES string of the molecule is O=C(Cc1c[nH]c2ccc(O[C@H]3C[C@H](c4ccc(C(F)(F)F)cc4)C3)cc12)C1CC1. The standard InChI is InChI=1S/C24H22F3NO2/c25-24(26,27)18-5-3-14(4-6-18)16-9-20(10-16)30-19-7-8-22-21(12-19)17(13-28-22)11-23(29)15-1-2-15/h3-8,12-13,15-16,20,28H,1-2,9-11H2/t16-,20-. The fraction of sp³-hybridized carbons (Fsp3) is 0.375. The minimum Gasteiger partial charge on any atom is -0.490 e. The Morgan fingerprint density at radius 1 is 1.07 bits per heavy atom. The first-order valence-electron chi connectivity index (χ1n) is 10.3. The third kappa shape index (κ3) is 3.83. The summed E-state index contributed by atoms with van der Waals surface area (Å²) in [4.78, 5) is 15.4. The average Bonchev–Trinajstić information content (AvgIpc) is 3.47. The Morgan fingerprint density at radius 3 is 2.47 bits per heavy atom. The molecular weight excluding hydrogens is 391 g/mol. The molecular formula is C24H22F3NO2. The molecule has 2 aliphatic carbocycles. The first-order chi connectivity index (χ1) is 14.4. The van der Waals surface area contributed by atoms with Crippen molar-refractivity contribution in [1.82, 2.24) is 4.98 Å². The zero-order valence-electron chi connectivity index (χ0n) is 16.3.